The van der Waals surface area contributed by atoms with Gasteiger partial charge in [0.2, 0.25) is 0 Å². The molecule has 0 aromatic heterocycles. The summed E-state index contributed by atoms with van der Waals surface area (Å²) in [6.07, 6.45) is 3.68. The number of aryl methyl sites for hydroxylation is 1. The lowest BCUT2D eigenvalue weighted by Gasteiger charge is -2.29. The molecule has 1 aliphatic heterocycles. The number of benzene rings is 1. The molecular weight excluding hydrogens is 272 g/mol. The predicted molar refractivity (Wildman–Crippen MR) is 90.2 cm³/mol. The third-order valence-electron chi connectivity index (χ3n) is 3.32. The van der Waals surface area contributed by atoms with Crippen molar-refractivity contribution < 1.29 is 0 Å². The van der Waals surface area contributed by atoms with Gasteiger partial charge < -0.3 is 10.2 Å². The summed E-state index contributed by atoms with van der Waals surface area (Å²) in [5.74, 6) is 2.36. The van der Waals surface area contributed by atoms with E-state index in [1.54, 1.807) is 0 Å². The molecule has 1 aromatic carbocycles. The highest BCUT2D eigenvalue weighted by Gasteiger charge is 2.13. The van der Waals surface area contributed by atoms with Crippen LogP contribution in [0.2, 0.25) is 0 Å². The monoisotopic (exact) mass is 294 g/mol. The second-order valence-corrected chi connectivity index (χ2v) is 6.44. The number of nitrogens with one attached hydrogen (secondary N) is 1. The van der Waals surface area contributed by atoms with Gasteiger partial charge in [0.25, 0.3) is 0 Å². The van der Waals surface area contributed by atoms with Crippen molar-refractivity contribution in [2.24, 2.45) is 0 Å². The molecule has 1 heterocycles. The molecule has 104 valence electrons. The fraction of sp³-hybridized carbons (Fsp3) is 0.533. The van der Waals surface area contributed by atoms with Crippen LogP contribution in [-0.4, -0.2) is 34.6 Å². The number of thioether (sulfide) groups is 1. The Morgan fingerprint density at radius 1 is 1.26 bits per heavy atom. The lowest BCUT2D eigenvalue weighted by Crippen LogP contribution is -2.40. The summed E-state index contributed by atoms with van der Waals surface area (Å²) in [6, 6.07) is 8.67. The van der Waals surface area contributed by atoms with E-state index < -0.39 is 0 Å². The molecule has 2 nitrogen and oxygen atoms in total. The van der Waals surface area contributed by atoms with Crippen LogP contribution in [0.5, 0.6) is 0 Å². The van der Waals surface area contributed by atoms with Gasteiger partial charge in [-0.25, -0.2) is 0 Å². The Labute approximate surface area is 126 Å². The van der Waals surface area contributed by atoms with Crippen LogP contribution in [-0.2, 0) is 6.42 Å². The number of rotatable bonds is 4. The van der Waals surface area contributed by atoms with E-state index in [1.807, 2.05) is 11.8 Å². The fourth-order valence-corrected chi connectivity index (χ4v) is 3.31. The van der Waals surface area contributed by atoms with E-state index in [4.69, 9.17) is 12.2 Å². The molecule has 0 radical (unpaired) electrons. The quantitative estimate of drug-likeness (QED) is 0.850. The molecule has 0 unspecified atom stereocenters. The van der Waals surface area contributed by atoms with Crippen LogP contribution in [0.4, 0.5) is 5.69 Å². The molecule has 0 atom stereocenters. The summed E-state index contributed by atoms with van der Waals surface area (Å²) in [5.41, 5.74) is 2.51. The zero-order valence-electron chi connectivity index (χ0n) is 11.5. The van der Waals surface area contributed by atoms with Crippen LogP contribution in [0, 0.1) is 0 Å². The molecule has 1 aromatic rings. The number of unbranched alkanes of at least 4 members (excludes halogenated alkanes) is 1. The van der Waals surface area contributed by atoms with Gasteiger partial charge >= 0.3 is 0 Å². The minimum atomic E-state index is 0.863. The zero-order chi connectivity index (χ0) is 13.5. The molecule has 1 aliphatic rings. The third-order valence-corrected chi connectivity index (χ3v) is 4.63. The molecule has 0 spiro atoms. The lowest BCUT2D eigenvalue weighted by molar-refractivity contribution is 0.470. The molecule has 19 heavy (non-hydrogen) atoms. The highest BCUT2D eigenvalue weighted by atomic mass is 32.2. The molecule has 4 heteroatoms. The maximum atomic E-state index is 5.46. The van der Waals surface area contributed by atoms with E-state index in [2.05, 4.69) is 41.4 Å². The topological polar surface area (TPSA) is 15.3 Å². The van der Waals surface area contributed by atoms with Crippen molar-refractivity contribution in [1.29, 1.82) is 0 Å². The molecule has 0 aliphatic carbocycles. The van der Waals surface area contributed by atoms with E-state index >= 15 is 0 Å². The van der Waals surface area contributed by atoms with Crippen molar-refractivity contribution in [3.63, 3.8) is 0 Å². The Bertz CT molecular complexity index is 397. The number of nitrogens with zero attached hydrogens (tertiary/aromatic N) is 1. The van der Waals surface area contributed by atoms with Gasteiger partial charge in [-0.1, -0.05) is 25.5 Å². The van der Waals surface area contributed by atoms with Crippen LogP contribution in [0.15, 0.2) is 24.3 Å². The Hall–Kier alpha value is -0.740. The van der Waals surface area contributed by atoms with Gasteiger partial charge in [-0.2, -0.15) is 11.8 Å². The van der Waals surface area contributed by atoms with E-state index in [0.29, 0.717) is 0 Å². The predicted octanol–water partition coefficient (Wildman–Crippen LogP) is 3.77. The molecule has 1 fully saturated rings. The standard InChI is InChI=1S/C15H22N2S2/c1-2-3-4-13-5-7-14(8-6-13)16-15(18)17-9-11-19-12-10-17/h5-8H,2-4,9-12H2,1H3,(H,16,18). The van der Waals surface area contributed by atoms with Gasteiger partial charge in [-0.05, 0) is 42.8 Å². The van der Waals surface area contributed by atoms with E-state index in [1.165, 1.54) is 36.3 Å². The Balaban J connectivity index is 1.86. The highest BCUT2D eigenvalue weighted by molar-refractivity contribution is 7.99. The van der Waals surface area contributed by atoms with Crippen molar-refractivity contribution in [2.45, 2.75) is 26.2 Å². The first kappa shape index (κ1) is 14.7. The fourth-order valence-electron chi connectivity index (χ4n) is 2.10. The summed E-state index contributed by atoms with van der Waals surface area (Å²) in [7, 11) is 0. The SMILES string of the molecule is CCCCc1ccc(NC(=S)N2CCSCC2)cc1. The number of anilines is 1. The van der Waals surface area contributed by atoms with E-state index in [-0.39, 0.29) is 0 Å². The summed E-state index contributed by atoms with van der Waals surface area (Å²) < 4.78 is 0. The van der Waals surface area contributed by atoms with Crippen molar-refractivity contribution in [3.8, 4) is 0 Å². The molecule has 1 saturated heterocycles. The summed E-state index contributed by atoms with van der Waals surface area (Å²) in [6.45, 7) is 4.35. The number of hydrogen-bond acceptors (Lipinski definition) is 2. The van der Waals surface area contributed by atoms with Crippen molar-refractivity contribution in [1.82, 2.24) is 4.90 Å². The normalized spacial score (nSPS) is 15.3. The van der Waals surface area contributed by atoms with Gasteiger partial charge in [0.15, 0.2) is 5.11 Å². The van der Waals surface area contributed by atoms with Crippen LogP contribution in [0.1, 0.15) is 25.3 Å². The van der Waals surface area contributed by atoms with Crippen molar-refractivity contribution in [3.05, 3.63) is 29.8 Å². The van der Waals surface area contributed by atoms with Gasteiger partial charge in [0, 0.05) is 30.3 Å². The van der Waals surface area contributed by atoms with Gasteiger partial charge in [-0.3, -0.25) is 0 Å². The van der Waals surface area contributed by atoms with Crippen LogP contribution < -0.4 is 5.32 Å². The Morgan fingerprint density at radius 2 is 1.95 bits per heavy atom. The van der Waals surface area contributed by atoms with Gasteiger partial charge in [0.05, 0.1) is 0 Å². The maximum Gasteiger partial charge on any atom is 0.173 e. The lowest BCUT2D eigenvalue weighted by atomic mass is 10.1. The summed E-state index contributed by atoms with van der Waals surface area (Å²) in [5, 5.41) is 4.21. The van der Waals surface area contributed by atoms with Crippen LogP contribution >= 0.6 is 24.0 Å². The second kappa shape index (κ2) is 7.75. The number of thiocarbonyl (C=S) groups is 1. The molecule has 0 saturated carbocycles. The summed E-state index contributed by atoms with van der Waals surface area (Å²) in [4.78, 5) is 2.26. The molecule has 0 amide bonds. The number of hydrogen-bond donors (Lipinski definition) is 1. The highest BCUT2D eigenvalue weighted by Crippen LogP contribution is 2.14. The second-order valence-electron chi connectivity index (χ2n) is 4.83. The van der Waals surface area contributed by atoms with Crippen molar-refractivity contribution in [2.75, 3.05) is 29.9 Å². The average Bonchev–Trinajstić information content (AvgIpc) is 2.47. The first-order valence-electron chi connectivity index (χ1n) is 7.02. The minimum absolute atomic E-state index is 0.863. The Morgan fingerprint density at radius 3 is 2.58 bits per heavy atom. The van der Waals surface area contributed by atoms with Crippen molar-refractivity contribution >= 4 is 34.8 Å². The Kier molecular flexibility index (Phi) is 5.98. The zero-order valence-corrected chi connectivity index (χ0v) is 13.2. The molecule has 1 N–H and O–H groups in total. The third kappa shape index (κ3) is 4.69. The van der Waals surface area contributed by atoms with E-state index in [0.717, 1.165) is 23.9 Å². The minimum Gasteiger partial charge on any atom is -0.347 e. The van der Waals surface area contributed by atoms with Gasteiger partial charge in [-0.15, -0.1) is 0 Å². The van der Waals surface area contributed by atoms with E-state index in [9.17, 15) is 0 Å². The smallest absolute Gasteiger partial charge is 0.173 e. The molecule has 0 bridgehead atoms. The molecule has 2 rings (SSSR count). The van der Waals surface area contributed by atoms with Gasteiger partial charge in [0.1, 0.15) is 0 Å². The summed E-state index contributed by atoms with van der Waals surface area (Å²) >= 11 is 7.47. The first-order chi connectivity index (χ1) is 9.29. The maximum absolute atomic E-state index is 5.46. The van der Waals surface area contributed by atoms with Crippen LogP contribution in [0.25, 0.3) is 0 Å². The first-order valence-corrected chi connectivity index (χ1v) is 8.58. The molecular formula is C15H22N2S2. The van der Waals surface area contributed by atoms with Crippen LogP contribution in [0.3, 0.4) is 0 Å². The average molecular weight is 294 g/mol. The largest absolute Gasteiger partial charge is 0.347 e.